The van der Waals surface area contributed by atoms with Crippen LogP contribution in [-0.4, -0.2) is 53.5 Å². The topological polar surface area (TPSA) is 159 Å². The molecule has 0 aromatic heterocycles. The molecular weight excluding hydrogens is 445 g/mol. The van der Waals surface area contributed by atoms with Crippen molar-refractivity contribution in [1.29, 1.82) is 0 Å². The molecule has 0 aliphatic rings. The molecule has 0 spiro atoms. The number of halogens is 3. The Morgan fingerprint density at radius 3 is 0.727 bits per heavy atom. The Hall–Kier alpha value is 2.54. The van der Waals surface area contributed by atoms with Crippen LogP contribution in [0.1, 0.15) is 0 Å². The fourth-order valence-electron chi connectivity index (χ4n) is 0. The summed E-state index contributed by atoms with van der Waals surface area (Å²) in [6, 6.07) is 0. The molecule has 0 aliphatic carbocycles. The molecule has 7 nitrogen and oxygen atoms in total. The predicted molar refractivity (Wildman–Crippen MR) is 13.8 cm³/mol. The Labute approximate surface area is 118 Å². The Morgan fingerprint density at radius 2 is 0.727 bits per heavy atom. The SMILES string of the molecule is OCl.[Ba+2].[O-][Br+2]([O-])[O-].[O-][Br+2]([O-])[O-]. The van der Waals surface area contributed by atoms with Crippen LogP contribution in [-0.2, 0) is 0 Å². The van der Waals surface area contributed by atoms with Gasteiger partial charge < -0.3 is 25.2 Å². The molecule has 1 N–H and O–H groups in total. The van der Waals surface area contributed by atoms with Crippen molar-refractivity contribution in [2.45, 2.75) is 0 Å². The Bertz CT molecular complexity index is 31.9. The van der Waals surface area contributed by atoms with E-state index in [1.54, 1.807) is 0 Å². The van der Waals surface area contributed by atoms with Gasteiger partial charge in [-0.1, -0.05) is 0 Å². The minimum atomic E-state index is -3.65. The predicted octanol–water partition coefficient (Wildman–Crippen LogP) is -7.38. The average molecular weight is 446 g/mol. The van der Waals surface area contributed by atoms with Crippen LogP contribution in [0.3, 0.4) is 0 Å². The largest absolute Gasteiger partial charge is 2.00 e. The standard InChI is InChI=1S/Ba.2BrO3.ClHO/c;2*2-1(3)4;1-2/h;;;2H/q+2;2*-1;. The quantitative estimate of drug-likeness (QED) is 0.363. The molecule has 0 aromatic rings. The monoisotopic (exact) mass is 444 g/mol. The van der Waals surface area contributed by atoms with E-state index < -0.39 is 29.6 Å². The van der Waals surface area contributed by atoms with Crippen molar-refractivity contribution in [1.82, 2.24) is 0 Å². The third kappa shape index (κ3) is 216. The summed E-state index contributed by atoms with van der Waals surface area (Å²) < 4.78 is 57.6. The normalized spacial score (nSPS) is 7.09. The van der Waals surface area contributed by atoms with Gasteiger partial charge in [-0.2, -0.15) is 0 Å². The maximum Gasteiger partial charge on any atom is 2.00 e. The van der Waals surface area contributed by atoms with Crippen LogP contribution >= 0.6 is 11.9 Å². The van der Waals surface area contributed by atoms with Gasteiger partial charge in [0.25, 0.3) is 0 Å². The van der Waals surface area contributed by atoms with Crippen LogP contribution in [0.2, 0.25) is 0 Å². The van der Waals surface area contributed by atoms with Gasteiger partial charge in [0.05, 0.1) is 11.9 Å². The van der Waals surface area contributed by atoms with Crippen LogP contribution < -0.4 is 25.2 Å². The molecule has 0 rings (SSSR count). The van der Waals surface area contributed by atoms with Crippen molar-refractivity contribution < 1.29 is 59.5 Å². The van der Waals surface area contributed by atoms with Gasteiger partial charge in [-0.15, -0.1) is 0 Å². The Balaban J connectivity index is -0.0000000339. The van der Waals surface area contributed by atoms with E-state index in [4.69, 9.17) is 29.8 Å². The summed E-state index contributed by atoms with van der Waals surface area (Å²) in [4.78, 5) is 0. The van der Waals surface area contributed by atoms with Gasteiger partial charge in [-0.05, 0) is 0 Å². The maximum atomic E-state index is 8.52. The van der Waals surface area contributed by atoms with E-state index in [9.17, 15) is 0 Å². The van der Waals surface area contributed by atoms with Gasteiger partial charge in [0.15, 0.2) is 0 Å². The summed E-state index contributed by atoms with van der Waals surface area (Å²) in [5.74, 6) is 0. The molecule has 0 unspecified atom stereocenters. The van der Waals surface area contributed by atoms with Gasteiger partial charge in [-0.3, -0.25) is 4.66 Å². The van der Waals surface area contributed by atoms with Crippen molar-refractivity contribution in [2.24, 2.45) is 0 Å². The molecule has 0 fully saturated rings. The molecule has 0 amide bonds. The molecule has 0 heterocycles. The van der Waals surface area contributed by atoms with Crippen LogP contribution in [0, 0.1) is 29.6 Å². The number of hydrogen-bond donors (Lipinski definition) is 1. The number of hydrogen-bond acceptors (Lipinski definition) is 7. The first-order chi connectivity index (χ1) is 4.46. The van der Waals surface area contributed by atoms with E-state index in [1.165, 1.54) is 0 Å². The summed E-state index contributed by atoms with van der Waals surface area (Å²) in [7, 11) is 0. The van der Waals surface area contributed by atoms with Gasteiger partial charge >= 0.3 is 48.9 Å². The smallest absolute Gasteiger partial charge is 0.405 e. The molecule has 0 saturated heterocycles. The average Bonchev–Trinajstić information content (AvgIpc) is 1.66. The van der Waals surface area contributed by atoms with Gasteiger partial charge in [0.1, 0.15) is 0 Å². The molecule has 0 aromatic carbocycles. The van der Waals surface area contributed by atoms with Crippen molar-refractivity contribution in [3.8, 4) is 0 Å². The number of rotatable bonds is 0. The third-order valence-electron chi connectivity index (χ3n) is 0. The molecule has 0 atom stereocenters. The summed E-state index contributed by atoms with van der Waals surface area (Å²) in [5.41, 5.74) is 0. The first-order valence-corrected chi connectivity index (χ1v) is 5.32. The van der Waals surface area contributed by atoms with Crippen molar-refractivity contribution in [2.75, 3.05) is 0 Å². The van der Waals surface area contributed by atoms with E-state index >= 15 is 0 Å². The second kappa shape index (κ2) is 22.9. The summed E-state index contributed by atoms with van der Waals surface area (Å²) in [6.07, 6.45) is 0. The van der Waals surface area contributed by atoms with Crippen LogP contribution in [0.25, 0.3) is 0 Å². The molecule has 0 saturated carbocycles. The second-order valence-electron chi connectivity index (χ2n) is 0.378. The first kappa shape index (κ1) is 23.4. The zero-order valence-corrected chi connectivity index (χ0v) is 13.1. The summed E-state index contributed by atoms with van der Waals surface area (Å²) in [6.45, 7) is 0. The maximum absolute atomic E-state index is 8.52. The fraction of sp³-hybridized carbons (Fsp3) is 0. The Kier molecular flexibility index (Phi) is 48.7. The van der Waals surface area contributed by atoms with E-state index in [2.05, 4.69) is 11.9 Å². The van der Waals surface area contributed by atoms with Gasteiger partial charge in [-0.25, -0.2) is 0 Å². The molecule has 11 heavy (non-hydrogen) atoms. The zero-order chi connectivity index (χ0) is 9.15. The molecule has 0 aliphatic heterocycles. The van der Waals surface area contributed by atoms with Crippen molar-refractivity contribution in [3.63, 3.8) is 0 Å². The van der Waals surface area contributed by atoms with Gasteiger partial charge in [0, 0.05) is 0 Å². The van der Waals surface area contributed by atoms with Crippen molar-refractivity contribution >= 4 is 60.7 Å². The molecular formula is HBaBr2ClO7. The van der Waals surface area contributed by atoms with E-state index in [-0.39, 0.29) is 48.9 Å². The Morgan fingerprint density at radius 1 is 0.727 bits per heavy atom. The van der Waals surface area contributed by atoms with E-state index in [0.717, 1.165) is 0 Å². The second-order valence-corrected chi connectivity index (χ2v) is 1.96. The molecule has 66 valence electrons. The minimum absolute atomic E-state index is 0. The summed E-state index contributed by atoms with van der Waals surface area (Å²) in [5, 5.41) is 0. The molecule has 0 radical (unpaired) electrons. The molecule has 11 heteroatoms. The fourth-order valence-corrected chi connectivity index (χ4v) is 0. The molecule has 0 bridgehead atoms. The minimum Gasteiger partial charge on any atom is -0.405 e. The van der Waals surface area contributed by atoms with Crippen LogP contribution in [0.5, 0.6) is 0 Å². The first-order valence-electron chi connectivity index (χ1n) is 1.09. The van der Waals surface area contributed by atoms with E-state index in [1.807, 2.05) is 0 Å². The van der Waals surface area contributed by atoms with E-state index in [0.29, 0.717) is 0 Å². The van der Waals surface area contributed by atoms with Crippen molar-refractivity contribution in [3.05, 3.63) is 0 Å². The van der Waals surface area contributed by atoms with Crippen LogP contribution in [0.15, 0.2) is 0 Å². The third-order valence-corrected chi connectivity index (χ3v) is 0. The summed E-state index contributed by atoms with van der Waals surface area (Å²) >= 11 is -3.65. The van der Waals surface area contributed by atoms with Gasteiger partial charge in [0.2, 0.25) is 29.6 Å². The van der Waals surface area contributed by atoms with Crippen LogP contribution in [0.4, 0.5) is 0 Å². The zero-order valence-electron chi connectivity index (χ0n) is 4.74.